The monoisotopic (exact) mass is 402 g/mol. The molecule has 1 unspecified atom stereocenters. The summed E-state index contributed by atoms with van der Waals surface area (Å²) in [5.74, 6) is -0.596. The molecule has 3 aliphatic heterocycles. The SMILES string of the molecule is C[C@H]1C(=O)N2c3ccccc3[C@]3(O)C[C@@H](n4cnc5ccccc5c4=O)C(=O)N1C23. The van der Waals surface area contributed by atoms with Crippen LogP contribution in [0.25, 0.3) is 10.9 Å². The third-order valence-electron chi connectivity index (χ3n) is 6.65. The van der Waals surface area contributed by atoms with Crippen LogP contribution in [-0.2, 0) is 15.2 Å². The van der Waals surface area contributed by atoms with Crippen molar-refractivity contribution in [3.05, 3.63) is 70.8 Å². The van der Waals surface area contributed by atoms with Gasteiger partial charge in [0.1, 0.15) is 23.9 Å². The molecule has 0 spiro atoms. The van der Waals surface area contributed by atoms with Crippen molar-refractivity contribution in [1.82, 2.24) is 14.5 Å². The van der Waals surface area contributed by atoms with E-state index in [4.69, 9.17) is 0 Å². The highest BCUT2D eigenvalue weighted by molar-refractivity contribution is 6.06. The number of rotatable bonds is 1. The number of para-hydroxylation sites is 2. The number of carbonyl (C=O) groups excluding carboxylic acids is 2. The predicted octanol–water partition coefficient (Wildman–Crippen LogP) is 1.13. The molecule has 0 aliphatic carbocycles. The van der Waals surface area contributed by atoms with Gasteiger partial charge in [-0.05, 0) is 25.1 Å². The lowest BCUT2D eigenvalue weighted by molar-refractivity contribution is -0.158. The fraction of sp³-hybridized carbons (Fsp3) is 0.273. The molecule has 30 heavy (non-hydrogen) atoms. The molecular weight excluding hydrogens is 384 g/mol. The number of nitrogens with zero attached hydrogens (tertiary/aromatic N) is 4. The second-order valence-electron chi connectivity index (χ2n) is 8.14. The van der Waals surface area contributed by atoms with E-state index in [1.807, 2.05) is 0 Å². The first-order valence-electron chi connectivity index (χ1n) is 9.86. The lowest BCUT2D eigenvalue weighted by Crippen LogP contribution is -2.61. The molecule has 8 heteroatoms. The molecule has 3 aliphatic rings. The van der Waals surface area contributed by atoms with Gasteiger partial charge in [-0.15, -0.1) is 0 Å². The third kappa shape index (κ3) is 1.89. The zero-order valence-electron chi connectivity index (χ0n) is 16.1. The Labute approximate surface area is 171 Å². The Balaban J connectivity index is 1.57. The average Bonchev–Trinajstić information content (AvgIpc) is 3.18. The average molecular weight is 402 g/mol. The van der Waals surface area contributed by atoms with Crippen LogP contribution in [0.1, 0.15) is 24.9 Å². The molecule has 4 atom stereocenters. The van der Waals surface area contributed by atoms with Crippen LogP contribution in [0.4, 0.5) is 5.69 Å². The molecule has 8 nitrogen and oxygen atoms in total. The van der Waals surface area contributed by atoms with Gasteiger partial charge in [0.25, 0.3) is 11.5 Å². The first-order valence-corrected chi connectivity index (χ1v) is 9.86. The maximum Gasteiger partial charge on any atom is 0.261 e. The lowest BCUT2D eigenvalue weighted by Gasteiger charge is -2.44. The van der Waals surface area contributed by atoms with E-state index in [0.29, 0.717) is 22.2 Å². The highest BCUT2D eigenvalue weighted by Gasteiger charge is 2.66. The molecular formula is C22H18N4O4. The normalized spacial score (nSPS) is 29.5. The molecule has 150 valence electrons. The van der Waals surface area contributed by atoms with E-state index in [9.17, 15) is 19.5 Å². The maximum absolute atomic E-state index is 13.5. The van der Waals surface area contributed by atoms with Crippen LogP contribution in [0.2, 0.25) is 0 Å². The zero-order valence-corrected chi connectivity index (χ0v) is 16.1. The van der Waals surface area contributed by atoms with Crippen molar-refractivity contribution < 1.29 is 14.7 Å². The van der Waals surface area contributed by atoms with Gasteiger partial charge in [0.05, 0.1) is 22.9 Å². The molecule has 4 heterocycles. The fourth-order valence-corrected chi connectivity index (χ4v) is 5.26. The molecule has 0 bridgehead atoms. The minimum atomic E-state index is -1.47. The molecule has 3 aromatic rings. The summed E-state index contributed by atoms with van der Waals surface area (Å²) in [6, 6.07) is 12.4. The standard InChI is InChI=1S/C22H18N4O4/c1-12-18(27)26-16-9-5-3-7-14(16)22(30)10-17(20(29)25(12)21(22)26)24-11-23-15-8-4-2-6-13(15)19(24)28/h2-9,11-12,17,21,30H,10H2,1H3/t12-,17+,21?,22+/m0/s1. The molecule has 6 rings (SSSR count). The van der Waals surface area contributed by atoms with E-state index in [1.54, 1.807) is 55.5 Å². The smallest absolute Gasteiger partial charge is 0.261 e. The van der Waals surface area contributed by atoms with E-state index >= 15 is 0 Å². The van der Waals surface area contributed by atoms with Gasteiger partial charge >= 0.3 is 0 Å². The largest absolute Gasteiger partial charge is 0.381 e. The van der Waals surface area contributed by atoms with Gasteiger partial charge in [-0.25, -0.2) is 4.98 Å². The van der Waals surface area contributed by atoms with Crippen molar-refractivity contribution in [3.63, 3.8) is 0 Å². The topological polar surface area (TPSA) is 95.7 Å². The molecule has 2 amide bonds. The summed E-state index contributed by atoms with van der Waals surface area (Å²) in [6.45, 7) is 1.66. The second-order valence-corrected chi connectivity index (χ2v) is 8.14. The van der Waals surface area contributed by atoms with Gasteiger partial charge in [-0.1, -0.05) is 30.3 Å². The zero-order chi connectivity index (χ0) is 20.8. The number of hydrogen-bond donors (Lipinski definition) is 1. The first-order chi connectivity index (χ1) is 14.4. The first kappa shape index (κ1) is 17.3. The number of amides is 2. The number of hydrogen-bond acceptors (Lipinski definition) is 5. The summed E-state index contributed by atoms with van der Waals surface area (Å²) >= 11 is 0. The van der Waals surface area contributed by atoms with Gasteiger partial charge in [0.2, 0.25) is 5.91 Å². The Hall–Kier alpha value is -3.52. The quantitative estimate of drug-likeness (QED) is 0.658. The molecule has 2 fully saturated rings. The summed E-state index contributed by atoms with van der Waals surface area (Å²) in [6.07, 6.45) is 0.545. The predicted molar refractivity (Wildman–Crippen MR) is 108 cm³/mol. The van der Waals surface area contributed by atoms with Crippen LogP contribution < -0.4 is 10.5 Å². The molecule has 2 aromatic carbocycles. The Bertz CT molecular complexity index is 1320. The number of fused-ring (bicyclic) bond motifs is 4. The van der Waals surface area contributed by atoms with E-state index < -0.39 is 23.9 Å². The number of benzene rings is 2. The summed E-state index contributed by atoms with van der Waals surface area (Å²) < 4.78 is 1.29. The number of aliphatic hydroxyl groups is 1. The van der Waals surface area contributed by atoms with Gasteiger partial charge in [-0.2, -0.15) is 0 Å². The summed E-state index contributed by atoms with van der Waals surface area (Å²) in [5.41, 5.74) is -0.0647. The Morgan fingerprint density at radius 2 is 1.77 bits per heavy atom. The van der Waals surface area contributed by atoms with E-state index in [0.717, 1.165) is 0 Å². The van der Waals surface area contributed by atoms with E-state index in [-0.39, 0.29) is 23.8 Å². The van der Waals surface area contributed by atoms with Gasteiger partial charge < -0.3 is 10.0 Å². The van der Waals surface area contributed by atoms with Crippen molar-refractivity contribution in [3.8, 4) is 0 Å². The molecule has 1 N–H and O–H groups in total. The molecule has 2 saturated heterocycles. The summed E-state index contributed by atoms with van der Waals surface area (Å²) in [4.78, 5) is 47.0. The fourth-order valence-electron chi connectivity index (χ4n) is 5.26. The van der Waals surface area contributed by atoms with Gasteiger partial charge in [0, 0.05) is 12.0 Å². The van der Waals surface area contributed by atoms with Crippen molar-refractivity contribution in [1.29, 1.82) is 0 Å². The number of anilines is 1. The van der Waals surface area contributed by atoms with Crippen LogP contribution in [0.5, 0.6) is 0 Å². The lowest BCUT2D eigenvalue weighted by atomic mass is 9.82. The van der Waals surface area contributed by atoms with Crippen LogP contribution in [0, 0.1) is 0 Å². The van der Waals surface area contributed by atoms with E-state index in [1.165, 1.54) is 20.7 Å². The van der Waals surface area contributed by atoms with Crippen LogP contribution >= 0.6 is 0 Å². The molecule has 1 aromatic heterocycles. The second kappa shape index (κ2) is 5.54. The van der Waals surface area contributed by atoms with Crippen molar-refractivity contribution in [2.45, 2.75) is 37.2 Å². The Kier molecular flexibility index (Phi) is 3.21. The van der Waals surface area contributed by atoms with Crippen molar-refractivity contribution in [2.24, 2.45) is 0 Å². The number of piperidine rings is 1. The van der Waals surface area contributed by atoms with Crippen LogP contribution in [0.15, 0.2) is 59.7 Å². The minimum absolute atomic E-state index is 0.0135. The van der Waals surface area contributed by atoms with Crippen molar-refractivity contribution in [2.75, 3.05) is 4.90 Å². The van der Waals surface area contributed by atoms with Gasteiger partial charge in [-0.3, -0.25) is 23.9 Å². The van der Waals surface area contributed by atoms with Gasteiger partial charge in [0.15, 0.2) is 0 Å². The van der Waals surface area contributed by atoms with Crippen molar-refractivity contribution >= 4 is 28.4 Å². The molecule has 0 radical (unpaired) electrons. The third-order valence-corrected chi connectivity index (χ3v) is 6.65. The summed E-state index contributed by atoms with van der Waals surface area (Å²) in [7, 11) is 0. The highest BCUT2D eigenvalue weighted by Crippen LogP contribution is 2.55. The summed E-state index contributed by atoms with van der Waals surface area (Å²) in [5, 5.41) is 12.2. The highest BCUT2D eigenvalue weighted by atomic mass is 16.3. The maximum atomic E-state index is 13.5. The Morgan fingerprint density at radius 3 is 2.60 bits per heavy atom. The number of carbonyl (C=O) groups is 2. The minimum Gasteiger partial charge on any atom is -0.381 e. The number of aromatic nitrogens is 2. The van der Waals surface area contributed by atoms with Crippen LogP contribution in [-0.4, -0.2) is 43.6 Å². The molecule has 0 saturated carbocycles. The Morgan fingerprint density at radius 1 is 1.03 bits per heavy atom. The van der Waals surface area contributed by atoms with E-state index in [2.05, 4.69) is 4.98 Å². The van der Waals surface area contributed by atoms with Crippen LogP contribution in [0.3, 0.4) is 0 Å².